The Morgan fingerprint density at radius 3 is 2.93 bits per heavy atom. The molecule has 1 saturated heterocycles. The van der Waals surface area contributed by atoms with Crippen LogP contribution in [-0.4, -0.2) is 18.3 Å². The number of rotatable bonds is 1. The van der Waals surface area contributed by atoms with E-state index in [1.54, 1.807) is 0 Å². The van der Waals surface area contributed by atoms with Crippen LogP contribution < -0.4 is 0 Å². The van der Waals surface area contributed by atoms with Gasteiger partial charge < -0.3 is 9.84 Å². The van der Waals surface area contributed by atoms with Crippen LogP contribution in [0.4, 0.5) is 0 Å². The average Bonchev–Trinajstić information content (AvgIpc) is 2.58. The highest BCUT2D eigenvalue weighted by Crippen LogP contribution is 2.34. The van der Waals surface area contributed by atoms with Crippen molar-refractivity contribution in [3.05, 3.63) is 34.3 Å². The fraction of sp³-hybridized carbons (Fsp3) is 0.455. The van der Waals surface area contributed by atoms with Crippen LogP contribution in [0.2, 0.25) is 5.02 Å². The molecule has 0 radical (unpaired) electrons. The molecule has 14 heavy (non-hydrogen) atoms. The van der Waals surface area contributed by atoms with E-state index in [-0.39, 0.29) is 0 Å². The van der Waals surface area contributed by atoms with Crippen LogP contribution in [0.5, 0.6) is 0 Å². The summed E-state index contributed by atoms with van der Waals surface area (Å²) in [5, 5.41) is 11.0. The summed E-state index contributed by atoms with van der Waals surface area (Å²) < 4.78 is 5.22. The van der Waals surface area contributed by atoms with Crippen LogP contribution in [0.3, 0.4) is 0 Å². The third kappa shape index (κ3) is 1.54. The number of aliphatic hydroxyl groups is 1. The van der Waals surface area contributed by atoms with Gasteiger partial charge in [-0.15, -0.1) is 0 Å². The quantitative estimate of drug-likeness (QED) is 0.774. The van der Waals surface area contributed by atoms with Crippen LogP contribution in [0.15, 0.2) is 18.2 Å². The molecule has 0 aromatic heterocycles. The Morgan fingerprint density at radius 1 is 1.50 bits per heavy atom. The number of hydrogen-bond acceptors (Lipinski definition) is 2. The molecule has 0 amide bonds. The van der Waals surface area contributed by atoms with Crippen LogP contribution in [0, 0.1) is 6.92 Å². The summed E-state index contributed by atoms with van der Waals surface area (Å²) in [5.74, 6) is 0. The van der Waals surface area contributed by atoms with Crippen molar-refractivity contribution in [2.45, 2.75) is 18.9 Å². The molecule has 1 heterocycles. The van der Waals surface area contributed by atoms with Crippen molar-refractivity contribution in [3.8, 4) is 0 Å². The maximum absolute atomic E-state index is 10.3. The van der Waals surface area contributed by atoms with Gasteiger partial charge in [0.2, 0.25) is 0 Å². The standard InChI is InChI=1S/C11H13ClO2/c1-8-9(3-2-4-10(8)12)11(13)5-6-14-7-11/h2-4,13H,5-7H2,1H3. The van der Waals surface area contributed by atoms with E-state index in [1.165, 1.54) is 0 Å². The molecular weight excluding hydrogens is 200 g/mol. The number of ether oxygens (including phenoxy) is 1. The van der Waals surface area contributed by atoms with Gasteiger partial charge in [-0.05, 0) is 24.1 Å². The van der Waals surface area contributed by atoms with Gasteiger partial charge in [0.25, 0.3) is 0 Å². The summed E-state index contributed by atoms with van der Waals surface area (Å²) in [6.45, 7) is 2.91. The van der Waals surface area contributed by atoms with E-state index >= 15 is 0 Å². The Hall–Kier alpha value is -0.570. The lowest BCUT2D eigenvalue weighted by Crippen LogP contribution is -2.26. The third-order valence-electron chi connectivity index (χ3n) is 2.77. The van der Waals surface area contributed by atoms with Gasteiger partial charge in [-0.1, -0.05) is 23.7 Å². The van der Waals surface area contributed by atoms with Crippen molar-refractivity contribution < 1.29 is 9.84 Å². The van der Waals surface area contributed by atoms with E-state index in [2.05, 4.69) is 0 Å². The second-order valence-electron chi connectivity index (χ2n) is 3.75. The highest BCUT2D eigenvalue weighted by atomic mass is 35.5. The Morgan fingerprint density at radius 2 is 2.29 bits per heavy atom. The summed E-state index contributed by atoms with van der Waals surface area (Å²) >= 11 is 6.00. The third-order valence-corrected chi connectivity index (χ3v) is 3.18. The number of halogens is 1. The zero-order chi connectivity index (χ0) is 10.2. The molecule has 76 valence electrons. The van der Waals surface area contributed by atoms with Crippen molar-refractivity contribution in [1.82, 2.24) is 0 Å². The van der Waals surface area contributed by atoms with Crippen LogP contribution >= 0.6 is 11.6 Å². The minimum atomic E-state index is -0.838. The Labute approximate surface area is 88.5 Å². The van der Waals surface area contributed by atoms with Crippen molar-refractivity contribution in [2.24, 2.45) is 0 Å². The smallest absolute Gasteiger partial charge is 0.115 e. The van der Waals surface area contributed by atoms with E-state index in [0.29, 0.717) is 24.7 Å². The fourth-order valence-electron chi connectivity index (χ4n) is 1.88. The van der Waals surface area contributed by atoms with Gasteiger partial charge in [-0.2, -0.15) is 0 Å². The summed E-state index contributed by atoms with van der Waals surface area (Å²) in [6, 6.07) is 5.61. The molecule has 1 fully saturated rings. The molecule has 0 bridgehead atoms. The normalized spacial score (nSPS) is 26.8. The molecule has 1 N–H and O–H groups in total. The molecule has 1 aliphatic heterocycles. The number of hydrogen-bond donors (Lipinski definition) is 1. The Bertz CT molecular complexity index is 343. The zero-order valence-corrected chi connectivity index (χ0v) is 8.84. The topological polar surface area (TPSA) is 29.5 Å². The monoisotopic (exact) mass is 212 g/mol. The lowest BCUT2D eigenvalue weighted by molar-refractivity contribution is 0.0227. The first-order valence-electron chi connectivity index (χ1n) is 4.69. The van der Waals surface area contributed by atoms with E-state index in [0.717, 1.165) is 11.1 Å². The van der Waals surface area contributed by atoms with Gasteiger partial charge >= 0.3 is 0 Å². The van der Waals surface area contributed by atoms with Gasteiger partial charge in [0, 0.05) is 18.1 Å². The van der Waals surface area contributed by atoms with E-state index in [1.807, 2.05) is 25.1 Å². The minimum absolute atomic E-state index is 0.369. The van der Waals surface area contributed by atoms with E-state index in [4.69, 9.17) is 16.3 Å². The highest BCUT2D eigenvalue weighted by Gasteiger charge is 2.35. The molecular formula is C11H13ClO2. The second-order valence-corrected chi connectivity index (χ2v) is 4.15. The first kappa shape index (κ1) is 9.97. The second kappa shape index (κ2) is 3.54. The molecule has 0 spiro atoms. The maximum atomic E-state index is 10.3. The molecule has 0 aliphatic carbocycles. The Kier molecular flexibility index (Phi) is 2.52. The van der Waals surface area contributed by atoms with E-state index in [9.17, 15) is 5.11 Å². The van der Waals surface area contributed by atoms with Gasteiger partial charge in [0.1, 0.15) is 5.60 Å². The van der Waals surface area contributed by atoms with Gasteiger partial charge in [0.05, 0.1) is 6.61 Å². The summed E-state index contributed by atoms with van der Waals surface area (Å²) in [7, 11) is 0. The molecule has 2 nitrogen and oxygen atoms in total. The highest BCUT2D eigenvalue weighted by molar-refractivity contribution is 6.31. The average molecular weight is 213 g/mol. The molecule has 1 unspecified atom stereocenters. The molecule has 1 aromatic carbocycles. The molecule has 1 atom stereocenters. The SMILES string of the molecule is Cc1c(Cl)cccc1C1(O)CCOC1. The van der Waals surface area contributed by atoms with Gasteiger partial charge in [-0.25, -0.2) is 0 Å². The molecule has 1 aliphatic rings. The molecule has 3 heteroatoms. The fourth-order valence-corrected chi connectivity index (χ4v) is 2.05. The number of benzene rings is 1. The van der Waals surface area contributed by atoms with E-state index < -0.39 is 5.60 Å². The maximum Gasteiger partial charge on any atom is 0.115 e. The van der Waals surface area contributed by atoms with Crippen LogP contribution in [0.25, 0.3) is 0 Å². The van der Waals surface area contributed by atoms with Crippen LogP contribution in [-0.2, 0) is 10.3 Å². The predicted molar refractivity (Wildman–Crippen MR) is 55.5 cm³/mol. The first-order valence-corrected chi connectivity index (χ1v) is 5.07. The molecule has 0 saturated carbocycles. The minimum Gasteiger partial charge on any atom is -0.383 e. The summed E-state index contributed by atoms with van der Waals surface area (Å²) in [5.41, 5.74) is 0.999. The summed E-state index contributed by atoms with van der Waals surface area (Å²) in [4.78, 5) is 0. The van der Waals surface area contributed by atoms with Crippen molar-refractivity contribution in [3.63, 3.8) is 0 Å². The van der Waals surface area contributed by atoms with Crippen molar-refractivity contribution in [2.75, 3.05) is 13.2 Å². The van der Waals surface area contributed by atoms with Gasteiger partial charge in [-0.3, -0.25) is 0 Å². The van der Waals surface area contributed by atoms with Gasteiger partial charge in [0.15, 0.2) is 0 Å². The summed E-state index contributed by atoms with van der Waals surface area (Å²) in [6.07, 6.45) is 0.647. The first-order chi connectivity index (χ1) is 6.63. The van der Waals surface area contributed by atoms with Crippen LogP contribution in [0.1, 0.15) is 17.5 Å². The molecule has 1 aromatic rings. The zero-order valence-electron chi connectivity index (χ0n) is 8.09. The van der Waals surface area contributed by atoms with Crippen molar-refractivity contribution >= 4 is 11.6 Å². The van der Waals surface area contributed by atoms with Crippen molar-refractivity contribution in [1.29, 1.82) is 0 Å². The largest absolute Gasteiger partial charge is 0.383 e. The molecule has 2 rings (SSSR count). The lowest BCUT2D eigenvalue weighted by Gasteiger charge is -2.23. The predicted octanol–water partition coefficient (Wildman–Crippen LogP) is 2.26. The lowest BCUT2D eigenvalue weighted by atomic mass is 9.90. The Balaban J connectivity index is 2.45.